The number of benzene rings is 1. The molecule has 0 atom stereocenters. The molecule has 0 spiro atoms. The van der Waals surface area contributed by atoms with Gasteiger partial charge in [-0.15, -0.1) is 11.3 Å². The summed E-state index contributed by atoms with van der Waals surface area (Å²) in [5, 5.41) is 3.28. The smallest absolute Gasteiger partial charge is 0.412 e. The van der Waals surface area contributed by atoms with E-state index < -0.39 is 17.7 Å². The number of amides is 1. The van der Waals surface area contributed by atoms with Gasteiger partial charge in [-0.1, -0.05) is 89.5 Å². The molecule has 0 aliphatic rings. The molecule has 0 aliphatic heterocycles. The van der Waals surface area contributed by atoms with E-state index in [-0.39, 0.29) is 6.61 Å². The molecule has 0 unspecified atom stereocenters. The molecule has 1 N–H and O–H groups in total. The summed E-state index contributed by atoms with van der Waals surface area (Å²) in [6, 6.07) is 10.0. The van der Waals surface area contributed by atoms with Crippen LogP contribution in [0.1, 0.15) is 125 Å². The molecule has 0 aliphatic carbocycles. The number of carbonyl (C=O) groups excluding carboxylic acids is 2. The van der Waals surface area contributed by atoms with Crippen molar-refractivity contribution in [1.29, 1.82) is 0 Å². The van der Waals surface area contributed by atoms with E-state index in [4.69, 9.17) is 9.47 Å². The third kappa shape index (κ3) is 12.6. The van der Waals surface area contributed by atoms with Gasteiger partial charge in [0.05, 0.1) is 5.56 Å². The minimum atomic E-state index is -0.613. The number of hydrogen-bond donors (Lipinski definition) is 1. The third-order valence-electron chi connectivity index (χ3n) is 6.11. The van der Waals surface area contributed by atoms with Crippen LogP contribution in [0.2, 0.25) is 0 Å². The highest BCUT2D eigenvalue weighted by Crippen LogP contribution is 2.31. The fraction of sp³-hybridized carbons (Fsp3) is 0.613. The highest BCUT2D eigenvalue weighted by molar-refractivity contribution is 7.16. The molecular weight excluding hydrogens is 482 g/mol. The SMILES string of the molecule is CCCCCCCCCCc1cc(C(=O)OC(C)(C)C)c(NC(=O)OCc2ccc(CCCC)cc2)s1. The van der Waals surface area contributed by atoms with Crippen LogP contribution in [0.25, 0.3) is 0 Å². The van der Waals surface area contributed by atoms with Crippen LogP contribution in [-0.2, 0) is 28.9 Å². The zero-order valence-electron chi connectivity index (χ0n) is 23.6. The first-order valence-corrected chi connectivity index (χ1v) is 14.9. The normalized spacial score (nSPS) is 11.4. The van der Waals surface area contributed by atoms with E-state index in [1.165, 1.54) is 74.7 Å². The first kappa shape index (κ1) is 30.9. The van der Waals surface area contributed by atoms with Crippen LogP contribution in [0, 0.1) is 0 Å². The molecular formula is C31H47NO4S. The number of thiophene rings is 1. The summed E-state index contributed by atoms with van der Waals surface area (Å²) in [6.07, 6.45) is 13.7. The van der Waals surface area contributed by atoms with Crippen molar-refractivity contribution in [2.45, 2.75) is 124 Å². The lowest BCUT2D eigenvalue weighted by molar-refractivity contribution is 0.00711. The van der Waals surface area contributed by atoms with Gasteiger partial charge in [0.1, 0.15) is 17.2 Å². The monoisotopic (exact) mass is 529 g/mol. The second-order valence-electron chi connectivity index (χ2n) is 10.8. The molecule has 1 aromatic heterocycles. The van der Waals surface area contributed by atoms with Crippen LogP contribution in [0.4, 0.5) is 9.80 Å². The standard InChI is InChI=1S/C31H47NO4S/c1-6-8-10-11-12-13-14-15-17-26-22-27(29(33)36-31(3,4)5)28(37-26)32-30(34)35-23-25-20-18-24(19-21-25)16-9-7-2/h18-22H,6-17,23H2,1-5H3,(H,32,34). The summed E-state index contributed by atoms with van der Waals surface area (Å²) in [5.41, 5.74) is 2.01. The molecule has 1 heterocycles. The van der Waals surface area contributed by atoms with E-state index in [1.807, 2.05) is 39.0 Å². The molecule has 1 amide bonds. The van der Waals surface area contributed by atoms with Crippen molar-refractivity contribution in [3.05, 3.63) is 51.9 Å². The summed E-state index contributed by atoms with van der Waals surface area (Å²) in [6.45, 7) is 10.1. The minimum Gasteiger partial charge on any atom is -0.456 e. The Kier molecular flexibility index (Phi) is 13.8. The first-order chi connectivity index (χ1) is 17.7. The quantitative estimate of drug-likeness (QED) is 0.174. The predicted molar refractivity (Wildman–Crippen MR) is 155 cm³/mol. The lowest BCUT2D eigenvalue weighted by Crippen LogP contribution is -2.24. The predicted octanol–water partition coefficient (Wildman–Crippen LogP) is 9.48. The summed E-state index contributed by atoms with van der Waals surface area (Å²) in [4.78, 5) is 26.5. The molecule has 206 valence electrons. The Morgan fingerprint density at radius 1 is 0.811 bits per heavy atom. The Bertz CT molecular complexity index is 943. The molecule has 37 heavy (non-hydrogen) atoms. The number of nitrogens with one attached hydrogen (secondary N) is 1. The summed E-state index contributed by atoms with van der Waals surface area (Å²) in [7, 11) is 0. The van der Waals surface area contributed by atoms with Crippen LogP contribution < -0.4 is 5.32 Å². The van der Waals surface area contributed by atoms with E-state index in [0.717, 1.165) is 29.7 Å². The largest absolute Gasteiger partial charge is 0.456 e. The number of anilines is 1. The van der Waals surface area contributed by atoms with Crippen molar-refractivity contribution in [2.75, 3.05) is 5.32 Å². The number of ether oxygens (including phenoxy) is 2. The number of hydrogen-bond acceptors (Lipinski definition) is 5. The molecule has 2 aromatic rings. The molecule has 6 heteroatoms. The molecule has 0 saturated heterocycles. The topological polar surface area (TPSA) is 64.6 Å². The van der Waals surface area contributed by atoms with Gasteiger partial charge in [0.25, 0.3) is 0 Å². The molecule has 0 radical (unpaired) electrons. The summed E-state index contributed by atoms with van der Waals surface area (Å²) in [5.74, 6) is -0.427. The highest BCUT2D eigenvalue weighted by atomic mass is 32.1. The molecule has 0 fully saturated rings. The van der Waals surface area contributed by atoms with Crippen molar-refractivity contribution < 1.29 is 19.1 Å². The molecule has 1 aromatic carbocycles. The average molecular weight is 530 g/mol. The Balaban J connectivity index is 1.93. The maximum atomic E-state index is 12.9. The van der Waals surface area contributed by atoms with E-state index in [0.29, 0.717) is 10.6 Å². The van der Waals surface area contributed by atoms with E-state index in [1.54, 1.807) is 0 Å². The molecule has 5 nitrogen and oxygen atoms in total. The Morgan fingerprint density at radius 3 is 2.03 bits per heavy atom. The zero-order valence-corrected chi connectivity index (χ0v) is 24.4. The lowest BCUT2D eigenvalue weighted by Gasteiger charge is -2.19. The number of esters is 1. The second-order valence-corrected chi connectivity index (χ2v) is 11.9. The van der Waals surface area contributed by atoms with Gasteiger partial charge in [-0.3, -0.25) is 5.32 Å². The van der Waals surface area contributed by atoms with Gasteiger partial charge in [-0.05, 0) is 63.6 Å². The second kappa shape index (κ2) is 16.5. The first-order valence-electron chi connectivity index (χ1n) is 14.1. The van der Waals surface area contributed by atoms with Crippen LogP contribution in [-0.4, -0.2) is 17.7 Å². The fourth-order valence-electron chi connectivity index (χ4n) is 4.04. The number of carbonyl (C=O) groups is 2. The Hall–Kier alpha value is -2.34. The summed E-state index contributed by atoms with van der Waals surface area (Å²) >= 11 is 1.44. The van der Waals surface area contributed by atoms with Crippen LogP contribution in [0.5, 0.6) is 0 Å². The van der Waals surface area contributed by atoms with Gasteiger partial charge in [0.15, 0.2) is 0 Å². The van der Waals surface area contributed by atoms with Crippen molar-refractivity contribution in [3.8, 4) is 0 Å². The maximum Gasteiger partial charge on any atom is 0.412 e. The maximum absolute atomic E-state index is 12.9. The van der Waals surface area contributed by atoms with Crippen molar-refractivity contribution in [2.24, 2.45) is 0 Å². The van der Waals surface area contributed by atoms with Gasteiger partial charge in [-0.2, -0.15) is 0 Å². The summed E-state index contributed by atoms with van der Waals surface area (Å²) < 4.78 is 11.0. The zero-order chi connectivity index (χ0) is 27.1. The molecule has 0 saturated carbocycles. The fourth-order valence-corrected chi connectivity index (χ4v) is 5.11. The van der Waals surface area contributed by atoms with Gasteiger partial charge in [0, 0.05) is 4.88 Å². The van der Waals surface area contributed by atoms with Crippen LogP contribution in [0.15, 0.2) is 30.3 Å². The van der Waals surface area contributed by atoms with E-state index in [9.17, 15) is 9.59 Å². The van der Waals surface area contributed by atoms with Crippen molar-refractivity contribution in [3.63, 3.8) is 0 Å². The average Bonchev–Trinajstić information content (AvgIpc) is 3.25. The van der Waals surface area contributed by atoms with Gasteiger partial charge in [-0.25, -0.2) is 9.59 Å². The number of unbranched alkanes of at least 4 members (excludes halogenated alkanes) is 8. The van der Waals surface area contributed by atoms with Crippen molar-refractivity contribution in [1.82, 2.24) is 0 Å². The third-order valence-corrected chi connectivity index (χ3v) is 7.22. The van der Waals surface area contributed by atoms with Crippen molar-refractivity contribution >= 4 is 28.4 Å². The van der Waals surface area contributed by atoms with Crippen LogP contribution in [0.3, 0.4) is 0 Å². The van der Waals surface area contributed by atoms with E-state index in [2.05, 4.69) is 31.3 Å². The van der Waals surface area contributed by atoms with Gasteiger partial charge < -0.3 is 9.47 Å². The van der Waals surface area contributed by atoms with Gasteiger partial charge in [0.2, 0.25) is 0 Å². The van der Waals surface area contributed by atoms with E-state index >= 15 is 0 Å². The Labute approximate surface area is 228 Å². The lowest BCUT2D eigenvalue weighted by atomic mass is 10.1. The highest BCUT2D eigenvalue weighted by Gasteiger charge is 2.24. The molecule has 2 rings (SSSR count). The number of rotatable bonds is 16. The van der Waals surface area contributed by atoms with Gasteiger partial charge >= 0.3 is 12.1 Å². The van der Waals surface area contributed by atoms with Crippen LogP contribution >= 0.6 is 11.3 Å². The number of aryl methyl sites for hydroxylation is 2. The Morgan fingerprint density at radius 2 is 1.41 bits per heavy atom. The minimum absolute atomic E-state index is 0.179. The molecule has 0 bridgehead atoms.